The summed E-state index contributed by atoms with van der Waals surface area (Å²) < 4.78 is 4.94. The summed E-state index contributed by atoms with van der Waals surface area (Å²) in [6.07, 6.45) is 2.56. The van der Waals surface area contributed by atoms with Crippen molar-refractivity contribution >= 4 is 46.9 Å². The third-order valence-electron chi connectivity index (χ3n) is 0.827. The summed E-state index contributed by atoms with van der Waals surface area (Å²) in [6.45, 7) is 2.00. The van der Waals surface area contributed by atoms with Gasteiger partial charge >= 0.3 is 29.6 Å². The van der Waals surface area contributed by atoms with Crippen LogP contribution in [0.5, 0.6) is 0 Å². The van der Waals surface area contributed by atoms with E-state index in [0.717, 1.165) is 13.2 Å². The molecule has 1 heterocycles. The molecule has 0 spiro atoms. The molecule has 0 atom stereocenters. The third-order valence-corrected chi connectivity index (χ3v) is 0.827. The molecular formula is C4H12AlNaO. The van der Waals surface area contributed by atoms with Gasteiger partial charge in [0.2, 0.25) is 0 Å². The van der Waals surface area contributed by atoms with Gasteiger partial charge in [0.25, 0.3) is 0 Å². The molecule has 0 aromatic carbocycles. The molecule has 38 valence electrons. The summed E-state index contributed by atoms with van der Waals surface area (Å²) in [4.78, 5) is 0. The molecule has 7 heavy (non-hydrogen) atoms. The molecule has 0 aromatic rings. The number of ether oxygens (including phenoxy) is 1. The first-order valence-corrected chi connectivity index (χ1v) is 2.08. The quantitative estimate of drug-likeness (QED) is 0.377. The van der Waals surface area contributed by atoms with Crippen molar-refractivity contribution in [1.29, 1.82) is 0 Å². The van der Waals surface area contributed by atoms with Crippen LogP contribution in [0.2, 0.25) is 0 Å². The van der Waals surface area contributed by atoms with Gasteiger partial charge in [0.05, 0.1) is 0 Å². The van der Waals surface area contributed by atoms with Gasteiger partial charge in [-0.3, -0.25) is 0 Å². The predicted octanol–water partition coefficient (Wildman–Crippen LogP) is -1.04. The van der Waals surface area contributed by atoms with E-state index in [4.69, 9.17) is 4.74 Å². The topological polar surface area (TPSA) is 9.23 Å². The van der Waals surface area contributed by atoms with E-state index in [2.05, 4.69) is 0 Å². The van der Waals surface area contributed by atoms with Gasteiger partial charge in [-0.15, -0.1) is 0 Å². The molecule has 1 saturated heterocycles. The fourth-order valence-electron chi connectivity index (χ4n) is 0.510. The second-order valence-corrected chi connectivity index (χ2v) is 1.32. The van der Waals surface area contributed by atoms with Gasteiger partial charge in [-0.1, -0.05) is 0 Å². The average molecular weight is 126 g/mol. The standard InChI is InChI=1S/C4H8O.Al.Na.4H/c1-2-4-5-3-1;;;;;;/h1-4H2;;;;;;. The van der Waals surface area contributed by atoms with Gasteiger partial charge in [-0.2, -0.15) is 0 Å². The number of hydrogen-bond donors (Lipinski definition) is 0. The van der Waals surface area contributed by atoms with E-state index in [9.17, 15) is 0 Å². The average Bonchev–Trinajstić information content (AvgIpc) is 1.76. The monoisotopic (exact) mass is 126 g/mol. The van der Waals surface area contributed by atoms with Crippen LogP contribution in [0, 0.1) is 0 Å². The van der Waals surface area contributed by atoms with E-state index in [0.29, 0.717) is 0 Å². The van der Waals surface area contributed by atoms with E-state index in [1.54, 1.807) is 0 Å². The van der Waals surface area contributed by atoms with Crippen LogP contribution in [0.3, 0.4) is 0 Å². The first kappa shape index (κ1) is 11.3. The Morgan fingerprint density at radius 2 is 1.43 bits per heavy atom. The Hall–Kier alpha value is 1.49. The van der Waals surface area contributed by atoms with Gasteiger partial charge in [0.15, 0.2) is 17.4 Å². The minimum absolute atomic E-state index is 0. The Labute approximate surface area is 77.2 Å². The van der Waals surface area contributed by atoms with Crippen LogP contribution in [-0.2, 0) is 4.74 Å². The summed E-state index contributed by atoms with van der Waals surface area (Å²) >= 11 is 0. The SMILES string of the molecule is C1CCOC1.[AlH3].[NaH]. The summed E-state index contributed by atoms with van der Waals surface area (Å²) in [5.41, 5.74) is 0. The van der Waals surface area contributed by atoms with Crippen LogP contribution in [0.15, 0.2) is 0 Å². The molecule has 1 aliphatic heterocycles. The Bertz CT molecular complexity index is 23.3. The Morgan fingerprint density at radius 3 is 1.57 bits per heavy atom. The van der Waals surface area contributed by atoms with Crippen molar-refractivity contribution in [1.82, 2.24) is 0 Å². The second-order valence-electron chi connectivity index (χ2n) is 1.32. The summed E-state index contributed by atoms with van der Waals surface area (Å²) in [6, 6.07) is 0. The van der Waals surface area contributed by atoms with Crippen molar-refractivity contribution in [2.24, 2.45) is 0 Å². The first-order valence-electron chi connectivity index (χ1n) is 2.08. The molecule has 0 N–H and O–H groups in total. The summed E-state index contributed by atoms with van der Waals surface area (Å²) in [5.74, 6) is 0. The summed E-state index contributed by atoms with van der Waals surface area (Å²) in [7, 11) is 0. The van der Waals surface area contributed by atoms with Crippen molar-refractivity contribution in [3.63, 3.8) is 0 Å². The van der Waals surface area contributed by atoms with Crippen molar-refractivity contribution in [2.45, 2.75) is 12.8 Å². The molecule has 0 radical (unpaired) electrons. The van der Waals surface area contributed by atoms with Crippen LogP contribution in [0.1, 0.15) is 12.8 Å². The third kappa shape index (κ3) is 5.36. The van der Waals surface area contributed by atoms with E-state index in [1.165, 1.54) is 12.8 Å². The van der Waals surface area contributed by atoms with Crippen molar-refractivity contribution in [3.8, 4) is 0 Å². The molecule has 0 unspecified atom stereocenters. The van der Waals surface area contributed by atoms with Crippen LogP contribution >= 0.6 is 0 Å². The molecule has 1 aliphatic rings. The fourth-order valence-corrected chi connectivity index (χ4v) is 0.510. The molecule has 0 saturated carbocycles. The molecule has 0 amide bonds. The molecule has 0 aliphatic carbocycles. The number of hydrogen-bond acceptors (Lipinski definition) is 1. The first-order chi connectivity index (χ1) is 2.50. The Balaban J connectivity index is 0. The molecular weight excluding hydrogens is 114 g/mol. The summed E-state index contributed by atoms with van der Waals surface area (Å²) in [5, 5.41) is 0. The van der Waals surface area contributed by atoms with Crippen LogP contribution < -0.4 is 0 Å². The van der Waals surface area contributed by atoms with Crippen molar-refractivity contribution < 1.29 is 4.74 Å². The molecule has 1 nitrogen and oxygen atoms in total. The zero-order valence-corrected chi connectivity index (χ0v) is 3.24. The fraction of sp³-hybridized carbons (Fsp3) is 1.00. The van der Waals surface area contributed by atoms with Gasteiger partial charge in [-0.25, -0.2) is 0 Å². The molecule has 0 bridgehead atoms. The normalized spacial score (nSPS) is 17.1. The van der Waals surface area contributed by atoms with E-state index < -0.39 is 0 Å². The van der Waals surface area contributed by atoms with Gasteiger partial charge in [0, 0.05) is 13.2 Å². The van der Waals surface area contributed by atoms with Crippen LogP contribution in [0.25, 0.3) is 0 Å². The van der Waals surface area contributed by atoms with Crippen molar-refractivity contribution in [2.75, 3.05) is 13.2 Å². The van der Waals surface area contributed by atoms with E-state index in [1.807, 2.05) is 0 Å². The second kappa shape index (κ2) is 7.49. The van der Waals surface area contributed by atoms with E-state index in [-0.39, 0.29) is 46.9 Å². The Kier molecular flexibility index (Phi) is 12.1. The Morgan fingerprint density at radius 1 is 1.00 bits per heavy atom. The maximum atomic E-state index is 4.94. The zero-order chi connectivity index (χ0) is 3.54. The minimum atomic E-state index is 0. The molecule has 1 fully saturated rings. The predicted molar refractivity (Wildman–Crippen MR) is 37.1 cm³/mol. The van der Waals surface area contributed by atoms with Crippen LogP contribution in [-0.4, -0.2) is 60.1 Å². The van der Waals surface area contributed by atoms with Crippen molar-refractivity contribution in [3.05, 3.63) is 0 Å². The van der Waals surface area contributed by atoms with Gasteiger partial charge in [-0.05, 0) is 12.8 Å². The van der Waals surface area contributed by atoms with Gasteiger partial charge in [0.1, 0.15) is 0 Å². The van der Waals surface area contributed by atoms with Gasteiger partial charge < -0.3 is 4.74 Å². The molecule has 0 aromatic heterocycles. The zero-order valence-electron chi connectivity index (χ0n) is 3.24. The van der Waals surface area contributed by atoms with Crippen LogP contribution in [0.4, 0.5) is 0 Å². The molecule has 1 rings (SSSR count). The molecule has 3 heteroatoms. The maximum absolute atomic E-state index is 4.94. The van der Waals surface area contributed by atoms with E-state index >= 15 is 0 Å². The number of rotatable bonds is 0.